The van der Waals surface area contributed by atoms with Crippen LogP contribution in [-0.2, 0) is 4.74 Å². The third-order valence-electron chi connectivity index (χ3n) is 4.71. The molecule has 1 fully saturated rings. The van der Waals surface area contributed by atoms with E-state index in [9.17, 15) is 18.7 Å². The monoisotopic (exact) mass is 407 g/mol. The van der Waals surface area contributed by atoms with Gasteiger partial charge in [0.2, 0.25) is 0 Å². The summed E-state index contributed by atoms with van der Waals surface area (Å²) in [6.45, 7) is 3.83. The van der Waals surface area contributed by atoms with Gasteiger partial charge < -0.3 is 19.9 Å². The molecule has 0 bridgehead atoms. The van der Waals surface area contributed by atoms with Crippen LogP contribution >= 0.6 is 0 Å². The minimum absolute atomic E-state index is 0.0666. The molecule has 156 valence electrons. The molecule has 2 aromatic rings. The van der Waals surface area contributed by atoms with Gasteiger partial charge in [-0.25, -0.2) is 8.78 Å². The first-order valence-electron chi connectivity index (χ1n) is 9.28. The molecule has 7 nitrogen and oxygen atoms in total. The van der Waals surface area contributed by atoms with E-state index in [-0.39, 0.29) is 46.8 Å². The van der Waals surface area contributed by atoms with Crippen LogP contribution in [0.4, 0.5) is 14.6 Å². The van der Waals surface area contributed by atoms with Crippen LogP contribution in [0.3, 0.4) is 0 Å². The quantitative estimate of drug-likeness (QED) is 0.373. The summed E-state index contributed by atoms with van der Waals surface area (Å²) in [5.41, 5.74) is -0.953. The van der Waals surface area contributed by atoms with Gasteiger partial charge in [-0.3, -0.25) is 4.79 Å². The standard InChI is InChI=1S/C20H23F2N3O4/c1-3-28-11-29-15-6-4-5-12(10-26)17(15)18-14(19(21)22)7-16(24-25-18)23-13-8-20(2,27)9-13/h4-7,10,13,19,27H,3,8-9,11H2,1-2H3,(H,23,24). The molecule has 1 heterocycles. The number of hydrogen-bond acceptors (Lipinski definition) is 7. The zero-order valence-corrected chi connectivity index (χ0v) is 16.2. The van der Waals surface area contributed by atoms with E-state index in [1.807, 2.05) is 0 Å². The van der Waals surface area contributed by atoms with Crippen LogP contribution in [0.15, 0.2) is 24.3 Å². The highest BCUT2D eigenvalue weighted by molar-refractivity contribution is 5.90. The van der Waals surface area contributed by atoms with Crippen LogP contribution in [-0.4, -0.2) is 46.6 Å². The lowest BCUT2D eigenvalue weighted by atomic mass is 9.77. The van der Waals surface area contributed by atoms with Crippen molar-refractivity contribution in [3.05, 3.63) is 35.4 Å². The molecule has 0 spiro atoms. The van der Waals surface area contributed by atoms with Crippen molar-refractivity contribution in [1.29, 1.82) is 0 Å². The number of carbonyl (C=O) groups is 1. The van der Waals surface area contributed by atoms with Gasteiger partial charge in [-0.05, 0) is 38.8 Å². The summed E-state index contributed by atoms with van der Waals surface area (Å²) in [7, 11) is 0. The summed E-state index contributed by atoms with van der Waals surface area (Å²) in [5, 5.41) is 20.8. The smallest absolute Gasteiger partial charge is 0.266 e. The van der Waals surface area contributed by atoms with Crippen LogP contribution in [0.2, 0.25) is 0 Å². The Balaban J connectivity index is 1.96. The van der Waals surface area contributed by atoms with Crippen LogP contribution in [0, 0.1) is 0 Å². The average molecular weight is 407 g/mol. The van der Waals surface area contributed by atoms with Crippen molar-refractivity contribution < 1.29 is 28.2 Å². The fraction of sp³-hybridized carbons (Fsp3) is 0.450. The summed E-state index contributed by atoms with van der Waals surface area (Å²) in [6.07, 6.45) is -1.30. The van der Waals surface area contributed by atoms with Gasteiger partial charge in [0.05, 0.1) is 11.2 Å². The second-order valence-corrected chi connectivity index (χ2v) is 7.17. The molecule has 3 rings (SSSR count). The lowest BCUT2D eigenvalue weighted by Gasteiger charge is -2.41. The van der Waals surface area contributed by atoms with E-state index in [0.29, 0.717) is 25.7 Å². The average Bonchev–Trinajstić information content (AvgIpc) is 2.66. The summed E-state index contributed by atoms with van der Waals surface area (Å²) in [6, 6.07) is 5.79. The van der Waals surface area contributed by atoms with Crippen molar-refractivity contribution >= 4 is 12.1 Å². The molecule has 0 atom stereocenters. The number of hydrogen-bond donors (Lipinski definition) is 2. The Hall–Kier alpha value is -2.65. The molecular weight excluding hydrogens is 384 g/mol. The Bertz CT molecular complexity index is 869. The second-order valence-electron chi connectivity index (χ2n) is 7.17. The van der Waals surface area contributed by atoms with E-state index in [1.54, 1.807) is 26.0 Å². The van der Waals surface area contributed by atoms with Gasteiger partial charge in [0.15, 0.2) is 13.1 Å². The number of benzene rings is 1. The van der Waals surface area contributed by atoms with E-state index < -0.39 is 12.0 Å². The maximum absolute atomic E-state index is 13.8. The molecule has 0 amide bonds. The van der Waals surface area contributed by atoms with Gasteiger partial charge in [-0.15, -0.1) is 10.2 Å². The van der Waals surface area contributed by atoms with E-state index in [1.165, 1.54) is 12.1 Å². The molecule has 1 saturated carbocycles. The largest absolute Gasteiger partial charge is 0.467 e. The zero-order valence-electron chi connectivity index (χ0n) is 16.2. The van der Waals surface area contributed by atoms with Gasteiger partial charge in [0, 0.05) is 23.8 Å². The van der Waals surface area contributed by atoms with Crippen LogP contribution in [0.1, 0.15) is 49.0 Å². The molecule has 9 heteroatoms. The van der Waals surface area contributed by atoms with E-state index in [2.05, 4.69) is 15.5 Å². The Morgan fingerprint density at radius 3 is 2.76 bits per heavy atom. The van der Waals surface area contributed by atoms with Crippen molar-refractivity contribution in [2.45, 2.75) is 44.8 Å². The summed E-state index contributed by atoms with van der Waals surface area (Å²) < 4.78 is 38.3. The molecular formula is C20H23F2N3O4. The fourth-order valence-corrected chi connectivity index (χ4v) is 3.36. The number of aliphatic hydroxyl groups is 1. The SMILES string of the molecule is CCOCOc1cccc(C=O)c1-c1nnc(NC2CC(C)(O)C2)cc1C(F)F. The van der Waals surface area contributed by atoms with E-state index in [4.69, 9.17) is 9.47 Å². The molecule has 0 radical (unpaired) electrons. The number of halogens is 2. The number of aromatic nitrogens is 2. The van der Waals surface area contributed by atoms with Crippen molar-refractivity contribution in [3.63, 3.8) is 0 Å². The third-order valence-corrected chi connectivity index (χ3v) is 4.71. The number of alkyl halides is 2. The highest BCUT2D eigenvalue weighted by atomic mass is 19.3. The minimum atomic E-state index is -2.84. The van der Waals surface area contributed by atoms with Crippen LogP contribution in [0.5, 0.6) is 5.75 Å². The number of carbonyl (C=O) groups excluding carboxylic acids is 1. The maximum Gasteiger partial charge on any atom is 0.266 e. The molecule has 1 aliphatic rings. The van der Waals surface area contributed by atoms with Crippen molar-refractivity contribution in [2.24, 2.45) is 0 Å². The second kappa shape index (κ2) is 8.79. The molecule has 0 unspecified atom stereocenters. The first kappa shape index (κ1) is 21.1. The lowest BCUT2D eigenvalue weighted by Crippen LogP contribution is -2.48. The molecule has 2 N–H and O–H groups in total. The van der Waals surface area contributed by atoms with Gasteiger partial charge in [0.25, 0.3) is 6.43 Å². The molecule has 1 aromatic heterocycles. The third kappa shape index (κ3) is 4.86. The summed E-state index contributed by atoms with van der Waals surface area (Å²) >= 11 is 0. The topological polar surface area (TPSA) is 93.6 Å². The first-order chi connectivity index (χ1) is 13.8. The number of aldehydes is 1. The van der Waals surface area contributed by atoms with Gasteiger partial charge in [-0.1, -0.05) is 12.1 Å². The van der Waals surface area contributed by atoms with Gasteiger partial charge in [-0.2, -0.15) is 0 Å². The molecule has 29 heavy (non-hydrogen) atoms. The number of anilines is 1. The molecule has 1 aliphatic carbocycles. The number of ether oxygens (including phenoxy) is 2. The van der Waals surface area contributed by atoms with Crippen molar-refractivity contribution in [2.75, 3.05) is 18.7 Å². The Kier molecular flexibility index (Phi) is 6.39. The predicted molar refractivity (Wildman–Crippen MR) is 102 cm³/mol. The van der Waals surface area contributed by atoms with Gasteiger partial charge >= 0.3 is 0 Å². The summed E-state index contributed by atoms with van der Waals surface area (Å²) in [5.74, 6) is 0.389. The van der Waals surface area contributed by atoms with E-state index in [0.717, 1.165) is 0 Å². The maximum atomic E-state index is 13.8. The zero-order chi connectivity index (χ0) is 21.0. The molecule has 1 aromatic carbocycles. The van der Waals surface area contributed by atoms with E-state index >= 15 is 0 Å². The number of nitrogens with one attached hydrogen (secondary N) is 1. The van der Waals surface area contributed by atoms with Crippen molar-refractivity contribution in [3.8, 4) is 17.0 Å². The van der Waals surface area contributed by atoms with Crippen LogP contribution in [0.25, 0.3) is 11.3 Å². The Labute approximate surface area is 167 Å². The Morgan fingerprint density at radius 1 is 1.38 bits per heavy atom. The summed E-state index contributed by atoms with van der Waals surface area (Å²) in [4.78, 5) is 11.5. The fourth-order valence-electron chi connectivity index (χ4n) is 3.36. The first-order valence-corrected chi connectivity index (χ1v) is 9.28. The van der Waals surface area contributed by atoms with Crippen LogP contribution < -0.4 is 10.1 Å². The van der Waals surface area contributed by atoms with Crippen molar-refractivity contribution in [1.82, 2.24) is 10.2 Å². The molecule has 0 saturated heterocycles. The lowest BCUT2D eigenvalue weighted by molar-refractivity contribution is -0.0235. The highest BCUT2D eigenvalue weighted by Gasteiger charge is 2.38. The predicted octanol–water partition coefficient (Wildman–Crippen LogP) is 3.59. The molecule has 0 aliphatic heterocycles. The minimum Gasteiger partial charge on any atom is -0.467 e. The normalized spacial score (nSPS) is 21.0. The Morgan fingerprint density at radius 2 is 2.14 bits per heavy atom. The highest BCUT2D eigenvalue weighted by Crippen LogP contribution is 2.39. The van der Waals surface area contributed by atoms with Gasteiger partial charge in [0.1, 0.15) is 17.3 Å². The number of rotatable bonds is 9. The number of nitrogens with zero attached hydrogens (tertiary/aromatic N) is 2.